The van der Waals surface area contributed by atoms with Crippen LogP contribution in [-0.4, -0.2) is 27.0 Å². The first-order valence-corrected chi connectivity index (χ1v) is 5.10. The fourth-order valence-corrected chi connectivity index (χ4v) is 1.40. The highest BCUT2D eigenvalue weighted by Crippen LogP contribution is 2.08. The van der Waals surface area contributed by atoms with E-state index in [2.05, 4.69) is 15.4 Å². The van der Waals surface area contributed by atoms with Crippen LogP contribution in [0.2, 0.25) is 0 Å². The van der Waals surface area contributed by atoms with Gasteiger partial charge in [-0.05, 0) is 19.0 Å². The maximum atomic E-state index is 11.5. The van der Waals surface area contributed by atoms with Crippen molar-refractivity contribution < 1.29 is 4.79 Å². The predicted octanol–water partition coefficient (Wildman–Crippen LogP) is 0.407. The van der Waals surface area contributed by atoms with Gasteiger partial charge in [0.05, 0.1) is 6.20 Å². The number of carbonyl (C=O) groups is 1. The summed E-state index contributed by atoms with van der Waals surface area (Å²) in [5.41, 5.74) is 6.04. The van der Waals surface area contributed by atoms with Crippen molar-refractivity contribution in [1.29, 1.82) is 0 Å². The summed E-state index contributed by atoms with van der Waals surface area (Å²) in [7, 11) is 0. The maximum Gasteiger partial charge on any atom is 0.225 e. The van der Waals surface area contributed by atoms with E-state index in [-0.39, 0.29) is 5.91 Å². The number of carbonyl (C=O) groups excluding carboxylic acids is 1. The summed E-state index contributed by atoms with van der Waals surface area (Å²) in [6.45, 7) is 0.515. The Bertz CT molecular complexity index is 493. The van der Waals surface area contributed by atoms with Crippen LogP contribution in [0.3, 0.4) is 0 Å². The molecule has 2 heterocycles. The highest BCUT2D eigenvalue weighted by atomic mass is 16.1. The van der Waals surface area contributed by atoms with Crippen molar-refractivity contribution in [1.82, 2.24) is 14.6 Å². The largest absolute Gasteiger partial charge is 0.330 e. The Morgan fingerprint density at radius 3 is 3.12 bits per heavy atom. The molecular formula is C10H13N5O. The zero-order valence-electron chi connectivity index (χ0n) is 8.76. The van der Waals surface area contributed by atoms with Crippen LogP contribution in [0.4, 0.5) is 5.82 Å². The van der Waals surface area contributed by atoms with Crippen molar-refractivity contribution >= 4 is 17.4 Å². The summed E-state index contributed by atoms with van der Waals surface area (Å²) in [4.78, 5) is 15.6. The van der Waals surface area contributed by atoms with Crippen LogP contribution in [0, 0.1) is 0 Å². The predicted molar refractivity (Wildman–Crippen MR) is 59.9 cm³/mol. The van der Waals surface area contributed by atoms with Crippen LogP contribution in [0.1, 0.15) is 12.8 Å². The lowest BCUT2D eigenvalue weighted by Crippen LogP contribution is -2.15. The Morgan fingerprint density at radius 2 is 2.31 bits per heavy atom. The molecule has 0 spiro atoms. The molecule has 84 valence electrons. The van der Waals surface area contributed by atoms with Crippen molar-refractivity contribution in [3.63, 3.8) is 0 Å². The van der Waals surface area contributed by atoms with Crippen molar-refractivity contribution in [3.05, 3.63) is 24.5 Å². The molecule has 0 fully saturated rings. The third-order valence-corrected chi connectivity index (χ3v) is 2.17. The highest BCUT2D eigenvalue weighted by molar-refractivity contribution is 5.90. The van der Waals surface area contributed by atoms with E-state index < -0.39 is 0 Å². The van der Waals surface area contributed by atoms with Gasteiger partial charge in [0, 0.05) is 18.7 Å². The number of fused-ring (bicyclic) bond motifs is 1. The molecule has 0 aliphatic rings. The van der Waals surface area contributed by atoms with E-state index >= 15 is 0 Å². The van der Waals surface area contributed by atoms with Crippen LogP contribution in [-0.2, 0) is 4.79 Å². The van der Waals surface area contributed by atoms with Gasteiger partial charge < -0.3 is 11.1 Å². The van der Waals surface area contributed by atoms with Gasteiger partial charge in [-0.1, -0.05) is 0 Å². The molecule has 0 unspecified atom stereocenters. The average molecular weight is 219 g/mol. The molecular weight excluding hydrogens is 206 g/mol. The Kier molecular flexibility index (Phi) is 3.11. The van der Waals surface area contributed by atoms with Gasteiger partial charge in [0.1, 0.15) is 5.82 Å². The lowest BCUT2D eigenvalue weighted by Gasteiger charge is -2.05. The minimum atomic E-state index is -0.0616. The number of nitrogens with two attached hydrogens (primary N) is 1. The molecule has 0 radical (unpaired) electrons. The number of anilines is 1. The standard InChI is InChI=1S/C10H13N5O/c11-5-1-2-10(16)14-9-3-6-12-8-4-7-13-15(8)9/h3-4,6-7H,1-2,5,11H2,(H,14,16). The minimum Gasteiger partial charge on any atom is -0.330 e. The maximum absolute atomic E-state index is 11.5. The number of amides is 1. The first-order valence-electron chi connectivity index (χ1n) is 5.10. The number of aromatic nitrogens is 3. The van der Waals surface area contributed by atoms with Crippen molar-refractivity contribution in [2.45, 2.75) is 12.8 Å². The number of rotatable bonds is 4. The molecule has 16 heavy (non-hydrogen) atoms. The molecule has 0 aliphatic heterocycles. The van der Waals surface area contributed by atoms with Gasteiger partial charge in [0.15, 0.2) is 5.65 Å². The summed E-state index contributed by atoms with van der Waals surface area (Å²) in [6.07, 6.45) is 4.37. The fourth-order valence-electron chi connectivity index (χ4n) is 1.40. The van der Waals surface area contributed by atoms with Gasteiger partial charge in [-0.15, -0.1) is 0 Å². The zero-order valence-corrected chi connectivity index (χ0v) is 8.76. The number of hydrogen-bond acceptors (Lipinski definition) is 4. The van der Waals surface area contributed by atoms with E-state index in [1.54, 1.807) is 29.0 Å². The van der Waals surface area contributed by atoms with Crippen molar-refractivity contribution in [3.8, 4) is 0 Å². The van der Waals surface area contributed by atoms with Crippen LogP contribution >= 0.6 is 0 Å². The molecule has 0 saturated carbocycles. The van der Waals surface area contributed by atoms with Gasteiger partial charge in [-0.25, -0.2) is 4.98 Å². The molecule has 0 aromatic carbocycles. The second-order valence-electron chi connectivity index (χ2n) is 3.37. The van der Waals surface area contributed by atoms with Crippen LogP contribution in [0.5, 0.6) is 0 Å². The third-order valence-electron chi connectivity index (χ3n) is 2.17. The van der Waals surface area contributed by atoms with Crippen LogP contribution in [0.25, 0.3) is 5.65 Å². The second kappa shape index (κ2) is 4.71. The Morgan fingerprint density at radius 1 is 1.44 bits per heavy atom. The summed E-state index contributed by atoms with van der Waals surface area (Å²) in [5.74, 6) is 0.561. The summed E-state index contributed by atoms with van der Waals surface area (Å²) in [5, 5.41) is 6.84. The molecule has 2 aromatic heterocycles. The monoisotopic (exact) mass is 219 g/mol. The molecule has 1 amide bonds. The van der Waals surface area contributed by atoms with E-state index in [1.807, 2.05) is 0 Å². The quantitative estimate of drug-likeness (QED) is 0.779. The highest BCUT2D eigenvalue weighted by Gasteiger charge is 2.05. The normalized spacial score (nSPS) is 10.6. The molecule has 0 aliphatic carbocycles. The van der Waals surface area contributed by atoms with Gasteiger partial charge in [0.2, 0.25) is 5.91 Å². The van der Waals surface area contributed by atoms with E-state index in [0.717, 1.165) is 0 Å². The van der Waals surface area contributed by atoms with E-state index in [4.69, 9.17) is 5.73 Å². The van der Waals surface area contributed by atoms with E-state index in [1.165, 1.54) is 0 Å². The smallest absolute Gasteiger partial charge is 0.225 e. The average Bonchev–Trinajstić information content (AvgIpc) is 2.75. The first-order chi connectivity index (χ1) is 7.81. The molecule has 6 nitrogen and oxygen atoms in total. The van der Waals surface area contributed by atoms with Gasteiger partial charge >= 0.3 is 0 Å². The Balaban J connectivity index is 2.14. The number of nitrogens with one attached hydrogen (secondary N) is 1. The van der Waals surface area contributed by atoms with E-state index in [0.29, 0.717) is 30.9 Å². The molecule has 2 rings (SSSR count). The molecule has 2 aromatic rings. The molecule has 0 bridgehead atoms. The van der Waals surface area contributed by atoms with Gasteiger partial charge in [0.25, 0.3) is 0 Å². The Labute approximate surface area is 92.5 Å². The lowest BCUT2D eigenvalue weighted by molar-refractivity contribution is -0.116. The number of hydrogen-bond donors (Lipinski definition) is 2. The summed E-state index contributed by atoms with van der Waals surface area (Å²) in [6, 6.07) is 3.48. The van der Waals surface area contributed by atoms with Gasteiger partial charge in [-0.3, -0.25) is 4.79 Å². The molecule has 6 heteroatoms. The van der Waals surface area contributed by atoms with Crippen LogP contribution in [0.15, 0.2) is 24.5 Å². The fraction of sp³-hybridized carbons (Fsp3) is 0.300. The molecule has 0 saturated heterocycles. The Hall–Kier alpha value is -1.95. The molecule has 3 N–H and O–H groups in total. The van der Waals surface area contributed by atoms with Crippen molar-refractivity contribution in [2.75, 3.05) is 11.9 Å². The first kappa shape index (κ1) is 10.6. The summed E-state index contributed by atoms with van der Waals surface area (Å²) < 4.78 is 1.58. The second-order valence-corrected chi connectivity index (χ2v) is 3.37. The topological polar surface area (TPSA) is 85.3 Å². The summed E-state index contributed by atoms with van der Waals surface area (Å²) >= 11 is 0. The minimum absolute atomic E-state index is 0.0616. The molecule has 0 atom stereocenters. The lowest BCUT2D eigenvalue weighted by atomic mass is 10.3. The van der Waals surface area contributed by atoms with E-state index in [9.17, 15) is 4.79 Å². The SMILES string of the molecule is NCCCC(=O)Nc1ccnc2ccnn12. The van der Waals surface area contributed by atoms with Crippen LogP contribution < -0.4 is 11.1 Å². The number of nitrogens with zero attached hydrogens (tertiary/aromatic N) is 3. The third kappa shape index (κ3) is 2.17. The zero-order chi connectivity index (χ0) is 11.4. The van der Waals surface area contributed by atoms with Crippen molar-refractivity contribution in [2.24, 2.45) is 5.73 Å². The van der Waals surface area contributed by atoms with Gasteiger partial charge in [-0.2, -0.15) is 9.61 Å².